The predicted octanol–water partition coefficient (Wildman–Crippen LogP) is 4.64. The minimum absolute atomic E-state index is 0.0646. The molecule has 0 unspecified atom stereocenters. The number of amides is 3. The normalized spacial score (nSPS) is 23.7. The zero-order valence-electron chi connectivity index (χ0n) is 21.1. The first-order valence-corrected chi connectivity index (χ1v) is 13.7. The van der Waals surface area contributed by atoms with Crippen molar-refractivity contribution >= 4 is 35.0 Å². The van der Waals surface area contributed by atoms with E-state index in [-0.39, 0.29) is 53.4 Å². The van der Waals surface area contributed by atoms with Gasteiger partial charge in [-0.25, -0.2) is 13.2 Å². The molecule has 1 N–H and O–H groups in total. The molecule has 2 saturated carbocycles. The fourth-order valence-electron chi connectivity index (χ4n) is 6.26. The average Bonchev–Trinajstić information content (AvgIpc) is 3.70. The quantitative estimate of drug-likeness (QED) is 0.558. The van der Waals surface area contributed by atoms with E-state index in [0.29, 0.717) is 30.6 Å². The molecular formula is C28H28ClF3N4O3. The van der Waals surface area contributed by atoms with Crippen LogP contribution in [0.3, 0.4) is 0 Å². The third kappa shape index (κ3) is 4.66. The molecule has 3 amide bonds. The Labute approximate surface area is 228 Å². The van der Waals surface area contributed by atoms with Crippen LogP contribution in [0, 0.1) is 17.7 Å². The van der Waals surface area contributed by atoms with Gasteiger partial charge in [0.25, 0.3) is 12.3 Å². The number of nitrogens with one attached hydrogen (secondary N) is 1. The predicted molar refractivity (Wildman–Crippen MR) is 137 cm³/mol. The third-order valence-electron chi connectivity index (χ3n) is 8.54. The van der Waals surface area contributed by atoms with Crippen LogP contribution in [-0.4, -0.2) is 53.3 Å². The SMILES string of the molecule is O=C(N[C@H]1CC[C@H](CN2C(=O)C3(CN(C(=O)C4CC4)C3)c3cc(F)ccc32)CC1)c1cc(Cl)cnc1C(F)F. The molecule has 6 rings (SSSR count). The lowest BCUT2D eigenvalue weighted by molar-refractivity contribution is -0.145. The van der Waals surface area contributed by atoms with Crippen LogP contribution >= 0.6 is 11.6 Å². The first-order chi connectivity index (χ1) is 18.7. The highest BCUT2D eigenvalue weighted by Gasteiger charge is 2.60. The highest BCUT2D eigenvalue weighted by Crippen LogP contribution is 2.49. The summed E-state index contributed by atoms with van der Waals surface area (Å²) in [6.45, 7) is 1.03. The van der Waals surface area contributed by atoms with Crippen LogP contribution < -0.4 is 10.2 Å². The van der Waals surface area contributed by atoms with Crippen LogP contribution in [0.2, 0.25) is 5.02 Å². The van der Waals surface area contributed by atoms with Gasteiger partial charge in [0.1, 0.15) is 16.9 Å². The van der Waals surface area contributed by atoms with Crippen LogP contribution in [0.15, 0.2) is 30.5 Å². The summed E-state index contributed by atoms with van der Waals surface area (Å²) in [6, 6.07) is 5.43. The zero-order chi connectivity index (χ0) is 27.5. The second kappa shape index (κ2) is 9.80. The molecule has 206 valence electrons. The molecule has 0 radical (unpaired) electrons. The monoisotopic (exact) mass is 560 g/mol. The van der Waals surface area contributed by atoms with Crippen molar-refractivity contribution in [2.45, 2.75) is 56.4 Å². The van der Waals surface area contributed by atoms with Crippen molar-refractivity contribution in [3.63, 3.8) is 0 Å². The molecule has 3 heterocycles. The summed E-state index contributed by atoms with van der Waals surface area (Å²) in [4.78, 5) is 46.1. The largest absolute Gasteiger partial charge is 0.349 e. The van der Waals surface area contributed by atoms with Gasteiger partial charge in [0.05, 0.1) is 10.6 Å². The van der Waals surface area contributed by atoms with E-state index in [9.17, 15) is 27.6 Å². The molecule has 3 fully saturated rings. The van der Waals surface area contributed by atoms with E-state index in [1.54, 1.807) is 15.9 Å². The fraction of sp³-hybridized carbons (Fsp3) is 0.500. The maximum Gasteiger partial charge on any atom is 0.281 e. The van der Waals surface area contributed by atoms with Gasteiger partial charge in [-0.15, -0.1) is 0 Å². The van der Waals surface area contributed by atoms with Crippen LogP contribution in [-0.2, 0) is 15.0 Å². The summed E-state index contributed by atoms with van der Waals surface area (Å²) in [7, 11) is 0. The van der Waals surface area contributed by atoms with Crippen molar-refractivity contribution in [2.24, 2.45) is 11.8 Å². The van der Waals surface area contributed by atoms with Gasteiger partial charge in [-0.2, -0.15) is 0 Å². The van der Waals surface area contributed by atoms with Gasteiger partial charge < -0.3 is 15.1 Å². The van der Waals surface area contributed by atoms with Gasteiger partial charge in [0.2, 0.25) is 11.8 Å². The number of benzene rings is 1. The molecule has 0 bridgehead atoms. The molecule has 1 aromatic heterocycles. The summed E-state index contributed by atoms with van der Waals surface area (Å²) in [6.07, 6.45) is 2.67. The second-order valence-electron chi connectivity index (χ2n) is 11.2. The van der Waals surface area contributed by atoms with E-state index >= 15 is 0 Å². The number of alkyl halides is 2. The van der Waals surface area contributed by atoms with Crippen LogP contribution in [0.1, 0.15) is 66.6 Å². The average molecular weight is 561 g/mol. The highest BCUT2D eigenvalue weighted by atomic mass is 35.5. The molecule has 1 spiro atoms. The van der Waals surface area contributed by atoms with E-state index in [0.717, 1.165) is 31.9 Å². The van der Waals surface area contributed by atoms with Crippen LogP contribution in [0.25, 0.3) is 0 Å². The number of carbonyl (C=O) groups excluding carboxylic acids is 3. The number of hydrogen-bond acceptors (Lipinski definition) is 4. The lowest BCUT2D eigenvalue weighted by Crippen LogP contribution is -2.65. The number of carbonyl (C=O) groups is 3. The maximum absolute atomic E-state index is 14.2. The van der Waals surface area contributed by atoms with Crippen molar-refractivity contribution in [1.29, 1.82) is 0 Å². The van der Waals surface area contributed by atoms with Gasteiger partial charge in [0.15, 0.2) is 0 Å². The Bertz CT molecular complexity index is 1340. The van der Waals surface area contributed by atoms with Gasteiger partial charge in [-0.1, -0.05) is 11.6 Å². The number of hydrogen-bond donors (Lipinski definition) is 1. The minimum Gasteiger partial charge on any atom is -0.349 e. The van der Waals surface area contributed by atoms with Crippen LogP contribution in [0.5, 0.6) is 0 Å². The number of aromatic nitrogens is 1. The maximum atomic E-state index is 14.2. The van der Waals surface area contributed by atoms with Crippen molar-refractivity contribution in [3.8, 4) is 0 Å². The Balaban J connectivity index is 1.10. The molecule has 1 aromatic carbocycles. The molecule has 11 heteroatoms. The van der Waals surface area contributed by atoms with Crippen molar-refractivity contribution in [2.75, 3.05) is 24.5 Å². The molecule has 4 aliphatic rings. The lowest BCUT2D eigenvalue weighted by atomic mass is 9.74. The Morgan fingerprint density at radius 2 is 1.82 bits per heavy atom. The number of rotatable bonds is 6. The zero-order valence-corrected chi connectivity index (χ0v) is 21.9. The topological polar surface area (TPSA) is 82.6 Å². The number of pyridine rings is 1. The number of likely N-dealkylation sites (tertiary alicyclic amines) is 1. The molecule has 39 heavy (non-hydrogen) atoms. The third-order valence-corrected chi connectivity index (χ3v) is 8.75. The number of halogens is 4. The van der Waals surface area contributed by atoms with E-state index in [4.69, 9.17) is 11.6 Å². The molecule has 2 aliphatic carbocycles. The van der Waals surface area contributed by atoms with Gasteiger partial charge in [-0.05, 0) is 74.3 Å². The lowest BCUT2D eigenvalue weighted by Gasteiger charge is -2.47. The van der Waals surface area contributed by atoms with Crippen molar-refractivity contribution in [1.82, 2.24) is 15.2 Å². The van der Waals surface area contributed by atoms with Gasteiger partial charge >= 0.3 is 0 Å². The molecule has 7 nitrogen and oxygen atoms in total. The number of fused-ring (bicyclic) bond motifs is 2. The second-order valence-corrected chi connectivity index (χ2v) is 11.6. The van der Waals surface area contributed by atoms with Crippen molar-refractivity contribution < 1.29 is 27.6 Å². The molecular weight excluding hydrogens is 533 g/mol. The van der Waals surface area contributed by atoms with E-state index < -0.39 is 29.3 Å². The molecule has 1 saturated heterocycles. The summed E-state index contributed by atoms with van der Waals surface area (Å²) in [5.41, 5.74) is -0.371. The first-order valence-electron chi connectivity index (χ1n) is 13.3. The number of anilines is 1. The molecule has 2 aliphatic heterocycles. The summed E-state index contributed by atoms with van der Waals surface area (Å²) in [5, 5.41) is 2.94. The standard InChI is InChI=1S/C28H28ClF3N4O3/c29-17-9-20(23(24(31)32)33-11-17)25(37)34-19-6-1-15(2-7-19)12-36-22-8-5-18(30)10-21(22)28(27(36)39)13-35(14-28)26(38)16-3-4-16/h5,8-11,15-16,19,24H,1-4,6-7,12-14H2,(H,34,37)/t15-,19-. The van der Waals surface area contributed by atoms with E-state index in [1.165, 1.54) is 18.2 Å². The number of nitrogens with zero attached hydrogens (tertiary/aromatic N) is 3. The summed E-state index contributed by atoms with van der Waals surface area (Å²) in [5.74, 6) is -0.827. The van der Waals surface area contributed by atoms with Crippen molar-refractivity contribution in [3.05, 3.63) is 58.1 Å². The molecule has 2 aromatic rings. The Morgan fingerprint density at radius 3 is 2.49 bits per heavy atom. The first kappa shape index (κ1) is 26.1. The Hall–Kier alpha value is -3.14. The van der Waals surface area contributed by atoms with E-state index in [1.807, 2.05) is 0 Å². The highest BCUT2D eigenvalue weighted by molar-refractivity contribution is 6.30. The Kier molecular flexibility index (Phi) is 6.56. The van der Waals surface area contributed by atoms with Gasteiger partial charge in [-0.3, -0.25) is 19.4 Å². The van der Waals surface area contributed by atoms with Gasteiger partial charge in [0, 0.05) is 43.5 Å². The smallest absolute Gasteiger partial charge is 0.281 e. The minimum atomic E-state index is -2.90. The summed E-state index contributed by atoms with van der Waals surface area (Å²) < 4.78 is 40.9. The van der Waals surface area contributed by atoms with Crippen LogP contribution in [0.4, 0.5) is 18.9 Å². The van der Waals surface area contributed by atoms with E-state index in [2.05, 4.69) is 10.3 Å². The fourth-order valence-corrected chi connectivity index (χ4v) is 6.42. The Morgan fingerprint density at radius 1 is 1.10 bits per heavy atom. The molecule has 0 atom stereocenters. The summed E-state index contributed by atoms with van der Waals surface area (Å²) >= 11 is 5.88.